The van der Waals surface area contributed by atoms with Gasteiger partial charge in [-0.15, -0.1) is 70.6 Å². The van der Waals surface area contributed by atoms with E-state index in [0.29, 0.717) is 131 Å². The SMILES string of the molecule is N#Cc1c(-c2ccccc2)cc(-c2ccccc2)nc1SCc1c(CSc2nc(-c3ccccc3)cc(-c3ccccc3)c2C#N)c(CSc2nc(-c3ccccc3)cc(-c3ccccc3)c2C#N)c(CSc2nc(-c3ccccc3)cc(-c3ccccc3)c2C#N)c(CSc2nc(-c3ccccc3)cc(-c3ccccc3)c2C#N)c1CSc1nc(-c2ccccc2)cc(-c2ccccc2)c1C#N. The molecule has 13 aromatic carbocycles. The molecule has 0 aliphatic heterocycles. The molecule has 0 radical (unpaired) electrons. The molecule has 19 rings (SSSR count). The largest absolute Gasteiger partial charge is 0.240 e. The number of nitriles is 6. The Balaban J connectivity index is 0.954. The molecule has 12 nitrogen and oxygen atoms in total. The van der Waals surface area contributed by atoms with Crippen LogP contribution < -0.4 is 0 Å². The Bertz CT molecular complexity index is 6720. The van der Waals surface area contributed by atoms with Gasteiger partial charge in [-0.1, -0.05) is 364 Å². The van der Waals surface area contributed by atoms with Gasteiger partial charge in [0.15, 0.2) is 0 Å². The van der Waals surface area contributed by atoms with Crippen LogP contribution in [0.4, 0.5) is 0 Å². The molecule has 18 heteroatoms. The lowest BCUT2D eigenvalue weighted by Gasteiger charge is -2.28. The molecule has 654 valence electrons. The molecule has 0 spiro atoms. The van der Waals surface area contributed by atoms with Crippen LogP contribution in [0.1, 0.15) is 66.8 Å². The maximum absolute atomic E-state index is 12.1. The second-order valence-corrected chi connectivity index (χ2v) is 37.9. The fourth-order valence-electron chi connectivity index (χ4n) is 17.0. The maximum Gasteiger partial charge on any atom is 0.115 e. The number of nitrogens with zero attached hydrogens (tertiary/aromatic N) is 12. The summed E-state index contributed by atoms with van der Waals surface area (Å²) < 4.78 is 0. The molecule has 0 aliphatic carbocycles. The number of hydrogen-bond acceptors (Lipinski definition) is 18. The van der Waals surface area contributed by atoms with Crippen molar-refractivity contribution in [3.05, 3.63) is 467 Å². The van der Waals surface area contributed by atoms with Gasteiger partial charge in [0.2, 0.25) is 0 Å². The highest BCUT2D eigenvalue weighted by Crippen LogP contribution is 2.50. The summed E-state index contributed by atoms with van der Waals surface area (Å²) in [4.78, 5) is 33.6. The molecule has 6 heterocycles. The third-order valence-electron chi connectivity index (χ3n) is 23.8. The van der Waals surface area contributed by atoms with E-state index < -0.39 is 0 Å². The van der Waals surface area contributed by atoms with Crippen LogP contribution in [-0.4, -0.2) is 29.9 Å². The van der Waals surface area contributed by atoms with Crippen molar-refractivity contribution in [2.75, 3.05) is 0 Å². The topological polar surface area (TPSA) is 220 Å². The lowest BCUT2D eigenvalue weighted by atomic mass is 9.90. The van der Waals surface area contributed by atoms with Crippen molar-refractivity contribution in [2.45, 2.75) is 64.7 Å². The van der Waals surface area contributed by atoms with Crippen LogP contribution in [0.15, 0.2) is 431 Å². The minimum absolute atomic E-state index is 0.130. The summed E-state index contributed by atoms with van der Waals surface area (Å²) in [5.41, 5.74) is 25.0. The van der Waals surface area contributed by atoms with Gasteiger partial charge in [0.05, 0.1) is 67.5 Å². The van der Waals surface area contributed by atoms with Gasteiger partial charge in [-0.05, 0) is 103 Å². The molecule has 19 aromatic rings. The molecular formula is C120H78N12S6. The minimum atomic E-state index is 0.130. The first kappa shape index (κ1) is 90.9. The predicted octanol–water partition coefficient (Wildman–Crippen LogP) is 31.0. The lowest BCUT2D eigenvalue weighted by Crippen LogP contribution is -2.13. The van der Waals surface area contributed by atoms with Gasteiger partial charge in [0.1, 0.15) is 66.6 Å². The summed E-state index contributed by atoms with van der Waals surface area (Å²) in [6, 6.07) is 148. The Hall–Kier alpha value is -16.2. The standard InChI is InChI=1S/C120H78N12S6/c121-67-97-91(79-37-13-1-14-38-79)61-109(85-49-25-7-26-50-85)127-115(97)133-73-103-104(74-134-116-98(68-122)92(80-39-15-2-16-40-80)62-110(128-116)86-51-27-8-28-52-86)106(76-136-118-100(70-124)94(82-43-19-4-20-44-82)64-112(130-118)88-55-31-10-32-56-88)108(78-138-120-102(72-126)96(84-47-23-6-24-48-84)66-114(132-120)90-59-35-12-36-60-90)107(77-137-119-101(71-125)95(83-45-21-5-22-46-83)65-113(131-119)89-57-33-11-34-58-89)105(103)75-135-117-99(69-123)93(81-41-17-3-18-42-81)63-111(129-117)87-53-29-9-30-54-87/h1-66H,73-78H2. The van der Waals surface area contributed by atoms with Crippen LogP contribution in [0.3, 0.4) is 0 Å². The molecule has 0 fully saturated rings. The zero-order chi connectivity index (χ0) is 93.9. The Morgan fingerprint density at radius 1 is 0.152 bits per heavy atom. The minimum Gasteiger partial charge on any atom is -0.240 e. The van der Waals surface area contributed by atoms with Crippen molar-refractivity contribution in [2.24, 2.45) is 0 Å². The molecular weight excluding hydrogens is 1800 g/mol. The zero-order valence-electron chi connectivity index (χ0n) is 74.2. The highest BCUT2D eigenvalue weighted by molar-refractivity contribution is 8.00. The zero-order valence-corrected chi connectivity index (χ0v) is 79.1. The number of hydrogen-bond donors (Lipinski definition) is 0. The third kappa shape index (κ3) is 20.1. The predicted molar refractivity (Wildman–Crippen MR) is 563 cm³/mol. The molecule has 0 atom stereocenters. The molecule has 0 unspecified atom stereocenters. The van der Waals surface area contributed by atoms with Crippen LogP contribution in [0.5, 0.6) is 0 Å². The Labute approximate surface area is 827 Å². The molecule has 0 saturated heterocycles. The van der Waals surface area contributed by atoms with Crippen molar-refractivity contribution < 1.29 is 0 Å². The fraction of sp³-hybridized carbons (Fsp3) is 0.0500. The number of pyridine rings is 6. The van der Waals surface area contributed by atoms with Crippen LogP contribution >= 0.6 is 70.6 Å². The van der Waals surface area contributed by atoms with E-state index in [1.807, 2.05) is 400 Å². The first-order chi connectivity index (χ1) is 68.2. The number of aromatic nitrogens is 6. The molecule has 6 aromatic heterocycles. The normalized spacial score (nSPS) is 10.9. The van der Waals surface area contributed by atoms with E-state index in [4.69, 9.17) is 29.9 Å². The Morgan fingerprint density at radius 3 is 0.370 bits per heavy atom. The highest BCUT2D eigenvalue weighted by Gasteiger charge is 2.32. The van der Waals surface area contributed by atoms with Crippen molar-refractivity contribution >= 4 is 70.6 Å². The molecule has 0 N–H and O–H groups in total. The maximum atomic E-state index is 12.1. The van der Waals surface area contributed by atoms with E-state index in [2.05, 4.69) is 36.4 Å². The molecule has 0 amide bonds. The number of thioether (sulfide) groups is 6. The van der Waals surface area contributed by atoms with E-state index in [-0.39, 0.29) is 34.5 Å². The number of rotatable bonds is 30. The summed E-state index contributed by atoms with van der Waals surface area (Å²) in [5.74, 6) is 0.778. The quantitative estimate of drug-likeness (QED) is 0.0382. The second-order valence-electron chi connectivity index (χ2n) is 32.1. The van der Waals surface area contributed by atoms with Crippen molar-refractivity contribution in [3.63, 3.8) is 0 Å². The monoisotopic (exact) mass is 1880 g/mol. The fourth-order valence-corrected chi connectivity index (χ4v) is 23.6. The van der Waals surface area contributed by atoms with E-state index in [1.54, 1.807) is 0 Å². The van der Waals surface area contributed by atoms with E-state index in [0.717, 1.165) is 100 Å². The summed E-state index contributed by atoms with van der Waals surface area (Å²) in [7, 11) is 0. The molecule has 0 aliphatic rings. The van der Waals surface area contributed by atoms with Crippen molar-refractivity contribution in [3.8, 4) is 171 Å². The molecule has 0 saturated carbocycles. The summed E-state index contributed by atoms with van der Waals surface area (Å²) >= 11 is 8.65. The van der Waals surface area contributed by atoms with Gasteiger partial charge in [-0.25, -0.2) is 29.9 Å². The summed E-state index contributed by atoms with van der Waals surface area (Å²) in [5, 5.41) is 75.3. The number of benzene rings is 13. The smallest absolute Gasteiger partial charge is 0.115 e. The van der Waals surface area contributed by atoms with E-state index in [9.17, 15) is 31.6 Å². The molecule has 138 heavy (non-hydrogen) atoms. The lowest BCUT2D eigenvalue weighted by molar-refractivity contribution is 1.04. The second kappa shape index (κ2) is 43.4. The van der Waals surface area contributed by atoms with Crippen LogP contribution in [0.25, 0.3) is 134 Å². The van der Waals surface area contributed by atoms with Gasteiger partial charge in [0, 0.05) is 101 Å². The molecule has 0 bridgehead atoms. The van der Waals surface area contributed by atoms with Gasteiger partial charge in [-0.2, -0.15) is 31.6 Å². The summed E-state index contributed by atoms with van der Waals surface area (Å²) in [6.45, 7) is 0. The van der Waals surface area contributed by atoms with Crippen LogP contribution in [-0.2, 0) is 34.5 Å². The van der Waals surface area contributed by atoms with Gasteiger partial charge in [0.25, 0.3) is 0 Å². The Morgan fingerprint density at radius 2 is 0.261 bits per heavy atom. The van der Waals surface area contributed by atoms with E-state index >= 15 is 0 Å². The average molecular weight is 1880 g/mol. The highest BCUT2D eigenvalue weighted by atomic mass is 32.2. The third-order valence-corrected chi connectivity index (χ3v) is 29.8. The van der Waals surface area contributed by atoms with Gasteiger partial charge in [-0.3, -0.25) is 0 Å². The first-order valence-electron chi connectivity index (χ1n) is 44.5. The van der Waals surface area contributed by atoms with Gasteiger partial charge >= 0.3 is 0 Å². The van der Waals surface area contributed by atoms with Crippen molar-refractivity contribution in [1.82, 2.24) is 29.9 Å². The van der Waals surface area contributed by atoms with Crippen molar-refractivity contribution in [1.29, 1.82) is 31.6 Å². The van der Waals surface area contributed by atoms with Gasteiger partial charge < -0.3 is 0 Å². The van der Waals surface area contributed by atoms with Crippen LogP contribution in [0, 0.1) is 68.0 Å². The van der Waals surface area contributed by atoms with Crippen LogP contribution in [0.2, 0.25) is 0 Å². The van der Waals surface area contributed by atoms with E-state index in [1.165, 1.54) is 70.6 Å². The average Bonchev–Trinajstić information content (AvgIpc) is 0.747. The Kier molecular flexibility index (Phi) is 28.6. The summed E-state index contributed by atoms with van der Waals surface area (Å²) in [6.07, 6.45) is 0. The first-order valence-corrected chi connectivity index (χ1v) is 50.4.